The summed E-state index contributed by atoms with van der Waals surface area (Å²) in [4.78, 5) is 0. The molecule has 0 radical (unpaired) electrons. The summed E-state index contributed by atoms with van der Waals surface area (Å²) in [6.45, 7) is 1.75. The molecular weight excluding hydrogens is 247 g/mol. The lowest BCUT2D eigenvalue weighted by Gasteiger charge is -2.12. The molecule has 0 bridgehead atoms. The number of hydrogen-bond donors (Lipinski definition) is 1. The molecule has 0 heterocycles. The van der Waals surface area contributed by atoms with Crippen LogP contribution in [0.1, 0.15) is 6.92 Å². The smallest absolute Gasteiger partial charge is 0.127 e. The maximum atomic E-state index is 12.7. The van der Waals surface area contributed by atoms with E-state index in [1.165, 1.54) is 12.1 Å². The highest BCUT2D eigenvalue weighted by Crippen LogP contribution is 2.24. The highest BCUT2D eigenvalue weighted by molar-refractivity contribution is 5.35. The summed E-state index contributed by atoms with van der Waals surface area (Å²) in [7, 11) is 0. The Labute approximate surface area is 111 Å². The molecule has 19 heavy (non-hydrogen) atoms. The standard InChI is InChI=1S/C15H15FO3/c1-11(10-17)18-13-6-8-15(9-7-13)19-14-4-2-12(16)3-5-14/h2-9,11,17H,10H2,1H3. The Hall–Kier alpha value is -2.07. The molecule has 1 N–H and O–H groups in total. The molecule has 1 unspecified atom stereocenters. The number of rotatable bonds is 5. The maximum absolute atomic E-state index is 12.7. The number of hydrogen-bond acceptors (Lipinski definition) is 3. The predicted molar refractivity (Wildman–Crippen MR) is 70.1 cm³/mol. The van der Waals surface area contributed by atoms with E-state index in [0.717, 1.165) is 0 Å². The quantitative estimate of drug-likeness (QED) is 0.897. The average Bonchev–Trinajstić information content (AvgIpc) is 2.43. The third kappa shape index (κ3) is 3.96. The fourth-order valence-corrected chi connectivity index (χ4v) is 1.49. The van der Waals surface area contributed by atoms with Gasteiger partial charge in [0.1, 0.15) is 29.2 Å². The third-order valence-corrected chi connectivity index (χ3v) is 2.47. The van der Waals surface area contributed by atoms with E-state index in [9.17, 15) is 4.39 Å². The van der Waals surface area contributed by atoms with Crippen LogP contribution >= 0.6 is 0 Å². The summed E-state index contributed by atoms with van der Waals surface area (Å²) in [6.07, 6.45) is -0.246. The summed E-state index contributed by atoms with van der Waals surface area (Å²) >= 11 is 0. The van der Waals surface area contributed by atoms with Crippen LogP contribution in [-0.4, -0.2) is 17.8 Å². The molecule has 0 aliphatic carbocycles. The zero-order valence-electron chi connectivity index (χ0n) is 10.5. The summed E-state index contributed by atoms with van der Waals surface area (Å²) in [5.74, 6) is 1.57. The highest BCUT2D eigenvalue weighted by atomic mass is 19.1. The van der Waals surface area contributed by atoms with Crippen molar-refractivity contribution >= 4 is 0 Å². The molecule has 0 spiro atoms. The molecule has 1 atom stereocenters. The van der Waals surface area contributed by atoms with Gasteiger partial charge in [0.2, 0.25) is 0 Å². The summed E-state index contributed by atoms with van der Waals surface area (Å²) < 4.78 is 23.7. The monoisotopic (exact) mass is 262 g/mol. The second-order valence-electron chi connectivity index (χ2n) is 4.14. The van der Waals surface area contributed by atoms with Gasteiger partial charge in [-0.05, 0) is 55.5 Å². The number of halogens is 1. The van der Waals surface area contributed by atoms with Crippen molar-refractivity contribution in [3.05, 3.63) is 54.3 Å². The van der Waals surface area contributed by atoms with Crippen molar-refractivity contribution in [3.63, 3.8) is 0 Å². The molecule has 0 aliphatic rings. The minimum atomic E-state index is -0.297. The van der Waals surface area contributed by atoms with Gasteiger partial charge in [-0.25, -0.2) is 4.39 Å². The third-order valence-electron chi connectivity index (χ3n) is 2.47. The molecule has 0 saturated carbocycles. The Morgan fingerprint density at radius 1 is 0.947 bits per heavy atom. The van der Waals surface area contributed by atoms with Crippen LogP contribution in [0.4, 0.5) is 4.39 Å². The molecular formula is C15H15FO3. The minimum Gasteiger partial charge on any atom is -0.488 e. The van der Waals surface area contributed by atoms with Gasteiger partial charge < -0.3 is 14.6 Å². The first-order valence-electron chi connectivity index (χ1n) is 5.98. The van der Waals surface area contributed by atoms with Crippen molar-refractivity contribution in [2.45, 2.75) is 13.0 Å². The first-order chi connectivity index (χ1) is 9.17. The first-order valence-corrected chi connectivity index (χ1v) is 5.98. The van der Waals surface area contributed by atoms with Gasteiger partial charge in [-0.1, -0.05) is 0 Å². The van der Waals surface area contributed by atoms with Crippen molar-refractivity contribution < 1.29 is 19.0 Å². The molecule has 2 aromatic carbocycles. The van der Waals surface area contributed by atoms with Gasteiger partial charge >= 0.3 is 0 Å². The molecule has 0 aromatic heterocycles. The Bertz CT molecular complexity index is 508. The number of benzene rings is 2. The number of ether oxygens (including phenoxy) is 2. The lowest BCUT2D eigenvalue weighted by Crippen LogP contribution is -2.15. The predicted octanol–water partition coefficient (Wildman–Crippen LogP) is 3.38. The molecule has 0 aliphatic heterocycles. The molecule has 2 aromatic rings. The van der Waals surface area contributed by atoms with Gasteiger partial charge in [-0.15, -0.1) is 0 Å². The highest BCUT2D eigenvalue weighted by Gasteiger charge is 2.03. The van der Waals surface area contributed by atoms with Gasteiger partial charge in [0.25, 0.3) is 0 Å². The van der Waals surface area contributed by atoms with E-state index in [4.69, 9.17) is 14.6 Å². The molecule has 100 valence electrons. The lowest BCUT2D eigenvalue weighted by atomic mass is 10.3. The molecule has 3 nitrogen and oxygen atoms in total. The second kappa shape index (κ2) is 6.20. The van der Waals surface area contributed by atoms with Gasteiger partial charge in [-0.2, -0.15) is 0 Å². The maximum Gasteiger partial charge on any atom is 0.127 e. The molecule has 0 saturated heterocycles. The van der Waals surface area contributed by atoms with Gasteiger partial charge in [-0.3, -0.25) is 0 Å². The van der Waals surface area contributed by atoms with E-state index in [2.05, 4.69) is 0 Å². The van der Waals surface area contributed by atoms with Crippen molar-refractivity contribution in [1.29, 1.82) is 0 Å². The average molecular weight is 262 g/mol. The number of aliphatic hydroxyl groups is 1. The SMILES string of the molecule is CC(CO)Oc1ccc(Oc2ccc(F)cc2)cc1. The number of aliphatic hydroxyl groups excluding tert-OH is 1. The van der Waals surface area contributed by atoms with E-state index in [1.54, 1.807) is 43.3 Å². The molecule has 2 rings (SSSR count). The molecule has 4 heteroatoms. The van der Waals surface area contributed by atoms with Gasteiger partial charge in [0.15, 0.2) is 0 Å². The van der Waals surface area contributed by atoms with E-state index in [1.807, 2.05) is 0 Å². The Kier molecular flexibility index (Phi) is 4.36. The zero-order chi connectivity index (χ0) is 13.7. The Morgan fingerprint density at radius 3 is 1.95 bits per heavy atom. The van der Waals surface area contributed by atoms with Gasteiger partial charge in [0.05, 0.1) is 6.61 Å². The largest absolute Gasteiger partial charge is 0.488 e. The minimum absolute atomic E-state index is 0.0339. The summed E-state index contributed by atoms with van der Waals surface area (Å²) in [5.41, 5.74) is 0. The van der Waals surface area contributed by atoms with E-state index >= 15 is 0 Å². The summed E-state index contributed by atoms with van der Waals surface area (Å²) in [5, 5.41) is 8.89. The Balaban J connectivity index is 2.00. The van der Waals surface area contributed by atoms with Crippen LogP contribution in [-0.2, 0) is 0 Å². The van der Waals surface area contributed by atoms with Gasteiger partial charge in [0, 0.05) is 0 Å². The van der Waals surface area contributed by atoms with Crippen LogP contribution in [0.15, 0.2) is 48.5 Å². The van der Waals surface area contributed by atoms with Crippen molar-refractivity contribution in [2.24, 2.45) is 0 Å². The van der Waals surface area contributed by atoms with Crippen LogP contribution in [0.5, 0.6) is 17.2 Å². The Morgan fingerprint density at radius 2 is 1.42 bits per heavy atom. The first kappa shape index (κ1) is 13.4. The van der Waals surface area contributed by atoms with Crippen molar-refractivity contribution in [2.75, 3.05) is 6.61 Å². The van der Waals surface area contributed by atoms with Crippen LogP contribution in [0.25, 0.3) is 0 Å². The normalized spacial score (nSPS) is 11.9. The fraction of sp³-hybridized carbons (Fsp3) is 0.200. The topological polar surface area (TPSA) is 38.7 Å². The van der Waals surface area contributed by atoms with Crippen LogP contribution < -0.4 is 9.47 Å². The second-order valence-corrected chi connectivity index (χ2v) is 4.14. The van der Waals surface area contributed by atoms with Crippen molar-refractivity contribution in [1.82, 2.24) is 0 Å². The van der Waals surface area contributed by atoms with E-state index < -0.39 is 0 Å². The molecule has 0 fully saturated rings. The van der Waals surface area contributed by atoms with E-state index in [0.29, 0.717) is 17.2 Å². The van der Waals surface area contributed by atoms with E-state index in [-0.39, 0.29) is 18.5 Å². The van der Waals surface area contributed by atoms with Crippen LogP contribution in [0.2, 0.25) is 0 Å². The lowest BCUT2D eigenvalue weighted by molar-refractivity contribution is 0.129. The van der Waals surface area contributed by atoms with Crippen molar-refractivity contribution in [3.8, 4) is 17.2 Å². The summed E-state index contributed by atoms with van der Waals surface area (Å²) in [6, 6.07) is 12.8. The molecule has 0 amide bonds. The van der Waals surface area contributed by atoms with Crippen LogP contribution in [0, 0.1) is 5.82 Å². The fourth-order valence-electron chi connectivity index (χ4n) is 1.49. The van der Waals surface area contributed by atoms with Crippen LogP contribution in [0.3, 0.4) is 0 Å². The zero-order valence-corrected chi connectivity index (χ0v) is 10.5.